The Hall–Kier alpha value is -2.71. The summed E-state index contributed by atoms with van der Waals surface area (Å²) in [4.78, 5) is 21.8. The predicted molar refractivity (Wildman–Crippen MR) is 109 cm³/mol. The van der Waals surface area contributed by atoms with Gasteiger partial charge in [-0.1, -0.05) is 0 Å². The summed E-state index contributed by atoms with van der Waals surface area (Å²) in [5.74, 6) is 0. The smallest absolute Gasteiger partial charge is 0.261 e. The predicted octanol–water partition coefficient (Wildman–Crippen LogP) is 1.40. The van der Waals surface area contributed by atoms with Crippen LogP contribution in [0.4, 0.5) is 5.69 Å². The number of aromatic nitrogens is 4. The van der Waals surface area contributed by atoms with Gasteiger partial charge < -0.3 is 9.64 Å². The van der Waals surface area contributed by atoms with E-state index < -0.39 is 0 Å². The van der Waals surface area contributed by atoms with Crippen LogP contribution in [0.1, 0.15) is 11.4 Å². The lowest BCUT2D eigenvalue weighted by Gasteiger charge is -2.35. The molecule has 1 saturated heterocycles. The third-order valence-electron chi connectivity index (χ3n) is 5.23. The maximum absolute atomic E-state index is 12.6. The van der Waals surface area contributed by atoms with Crippen LogP contribution in [0.15, 0.2) is 35.4 Å². The van der Waals surface area contributed by atoms with Crippen molar-refractivity contribution in [2.75, 3.05) is 44.8 Å². The molecule has 3 aromatic rings. The highest BCUT2D eigenvalue weighted by atomic mass is 16.5. The zero-order valence-corrected chi connectivity index (χ0v) is 16.4. The molecule has 0 radical (unpaired) electrons. The van der Waals surface area contributed by atoms with E-state index in [0.29, 0.717) is 18.5 Å². The van der Waals surface area contributed by atoms with Gasteiger partial charge in [0, 0.05) is 51.2 Å². The van der Waals surface area contributed by atoms with E-state index in [-0.39, 0.29) is 5.56 Å². The van der Waals surface area contributed by atoms with E-state index in [2.05, 4.69) is 31.0 Å². The number of aryl methyl sites for hydroxylation is 1. The lowest BCUT2D eigenvalue weighted by atomic mass is 10.2. The van der Waals surface area contributed by atoms with Gasteiger partial charge >= 0.3 is 0 Å². The largest absolute Gasteiger partial charge is 0.383 e. The Morgan fingerprint density at radius 2 is 2.00 bits per heavy atom. The molecule has 0 saturated carbocycles. The van der Waals surface area contributed by atoms with Gasteiger partial charge in [0.1, 0.15) is 0 Å². The Balaban J connectivity index is 1.44. The molecule has 0 spiro atoms. The molecule has 8 heteroatoms. The lowest BCUT2D eigenvalue weighted by molar-refractivity contribution is 0.186. The average molecular weight is 382 g/mol. The molecule has 1 fully saturated rings. The van der Waals surface area contributed by atoms with Crippen LogP contribution >= 0.6 is 0 Å². The molecule has 1 aliphatic heterocycles. The minimum atomic E-state index is -0.0206. The molecule has 2 aromatic heterocycles. The Bertz CT molecular complexity index is 1000. The van der Waals surface area contributed by atoms with Gasteiger partial charge in [-0.3, -0.25) is 19.4 Å². The first-order valence-corrected chi connectivity index (χ1v) is 9.60. The second-order valence-electron chi connectivity index (χ2n) is 7.24. The summed E-state index contributed by atoms with van der Waals surface area (Å²) in [7, 11) is 1.63. The SMILES string of the molecule is COCCn1cnc2cc(N3CCN(Cc4cc(C)[nH]n4)CC3)ccc2c1=O. The number of methoxy groups -OCH3 is 1. The zero-order chi connectivity index (χ0) is 19.5. The van der Waals surface area contributed by atoms with E-state index in [0.717, 1.165) is 55.3 Å². The highest BCUT2D eigenvalue weighted by molar-refractivity contribution is 5.81. The Labute approximate surface area is 163 Å². The molecule has 3 heterocycles. The first-order chi connectivity index (χ1) is 13.6. The summed E-state index contributed by atoms with van der Waals surface area (Å²) in [6.07, 6.45) is 1.61. The standard InChI is InChI=1S/C20H26N6O2/c1-15-11-16(23-22-15)13-24-5-7-25(8-6-24)17-3-4-18-19(12-17)21-14-26(20(18)27)9-10-28-2/h3-4,11-12,14H,5-10,13H2,1-2H3,(H,22,23). The molecule has 1 aromatic carbocycles. The van der Waals surface area contributed by atoms with Gasteiger partial charge in [0.25, 0.3) is 5.56 Å². The summed E-state index contributed by atoms with van der Waals surface area (Å²) in [6.45, 7) is 7.75. The highest BCUT2D eigenvalue weighted by Gasteiger charge is 2.19. The first kappa shape index (κ1) is 18.6. The van der Waals surface area contributed by atoms with Crippen LogP contribution in [0.25, 0.3) is 10.9 Å². The number of nitrogens with one attached hydrogen (secondary N) is 1. The van der Waals surface area contributed by atoms with Crippen LogP contribution < -0.4 is 10.5 Å². The van der Waals surface area contributed by atoms with Gasteiger partial charge in [-0.05, 0) is 31.2 Å². The lowest BCUT2D eigenvalue weighted by Crippen LogP contribution is -2.46. The summed E-state index contributed by atoms with van der Waals surface area (Å²) < 4.78 is 6.65. The molecular formula is C20H26N6O2. The highest BCUT2D eigenvalue weighted by Crippen LogP contribution is 2.21. The average Bonchev–Trinajstić information content (AvgIpc) is 3.12. The van der Waals surface area contributed by atoms with E-state index in [9.17, 15) is 4.79 Å². The molecule has 4 rings (SSSR count). The van der Waals surface area contributed by atoms with Crippen molar-refractivity contribution in [3.05, 3.63) is 52.3 Å². The summed E-state index contributed by atoms with van der Waals surface area (Å²) >= 11 is 0. The van der Waals surface area contributed by atoms with Gasteiger partial charge in [0.05, 0.1) is 36.1 Å². The number of hydrogen-bond donors (Lipinski definition) is 1. The normalized spacial score (nSPS) is 15.4. The second kappa shape index (κ2) is 8.12. The fourth-order valence-corrected chi connectivity index (χ4v) is 3.64. The third kappa shape index (κ3) is 3.93. The quantitative estimate of drug-likeness (QED) is 0.694. The van der Waals surface area contributed by atoms with Gasteiger partial charge in [-0.25, -0.2) is 4.98 Å². The van der Waals surface area contributed by atoms with Crippen LogP contribution in [0.5, 0.6) is 0 Å². The van der Waals surface area contributed by atoms with E-state index in [4.69, 9.17) is 4.74 Å². The van der Waals surface area contributed by atoms with Crippen molar-refractivity contribution >= 4 is 16.6 Å². The number of nitrogens with zero attached hydrogens (tertiary/aromatic N) is 5. The minimum absolute atomic E-state index is 0.0206. The van der Waals surface area contributed by atoms with E-state index in [1.807, 2.05) is 25.1 Å². The van der Waals surface area contributed by atoms with Crippen molar-refractivity contribution in [1.29, 1.82) is 0 Å². The molecule has 148 valence electrons. The maximum atomic E-state index is 12.6. The fourth-order valence-electron chi connectivity index (χ4n) is 3.64. The number of rotatable bonds is 6. The van der Waals surface area contributed by atoms with Gasteiger partial charge in [0.15, 0.2) is 0 Å². The van der Waals surface area contributed by atoms with Gasteiger partial charge in [-0.2, -0.15) is 5.10 Å². The minimum Gasteiger partial charge on any atom is -0.383 e. The third-order valence-corrected chi connectivity index (χ3v) is 5.23. The molecule has 0 atom stereocenters. The summed E-state index contributed by atoms with van der Waals surface area (Å²) in [5, 5.41) is 7.98. The van der Waals surface area contributed by atoms with Gasteiger partial charge in [-0.15, -0.1) is 0 Å². The van der Waals surface area contributed by atoms with Crippen LogP contribution in [0.3, 0.4) is 0 Å². The van der Waals surface area contributed by atoms with Crippen molar-refractivity contribution < 1.29 is 4.74 Å². The molecule has 1 N–H and O–H groups in total. The zero-order valence-electron chi connectivity index (χ0n) is 16.4. The Kier molecular flexibility index (Phi) is 5.40. The second-order valence-corrected chi connectivity index (χ2v) is 7.24. The van der Waals surface area contributed by atoms with Crippen LogP contribution in [-0.2, 0) is 17.8 Å². The van der Waals surface area contributed by atoms with Crippen LogP contribution in [-0.4, -0.2) is 64.5 Å². The van der Waals surface area contributed by atoms with Crippen LogP contribution in [0.2, 0.25) is 0 Å². The van der Waals surface area contributed by atoms with Crippen molar-refractivity contribution in [3.8, 4) is 0 Å². The summed E-state index contributed by atoms with van der Waals surface area (Å²) in [5.41, 5.74) is 4.02. The number of H-pyrrole nitrogens is 1. The number of benzene rings is 1. The van der Waals surface area contributed by atoms with E-state index in [1.165, 1.54) is 0 Å². The molecule has 0 unspecified atom stereocenters. The first-order valence-electron chi connectivity index (χ1n) is 9.60. The molecule has 0 aliphatic carbocycles. The molecular weight excluding hydrogens is 356 g/mol. The van der Waals surface area contributed by atoms with Crippen LogP contribution in [0, 0.1) is 6.92 Å². The molecule has 8 nitrogen and oxygen atoms in total. The summed E-state index contributed by atoms with van der Waals surface area (Å²) in [6, 6.07) is 8.03. The number of anilines is 1. The molecule has 0 bridgehead atoms. The van der Waals surface area contributed by atoms with Crippen molar-refractivity contribution in [3.63, 3.8) is 0 Å². The van der Waals surface area contributed by atoms with Gasteiger partial charge in [0.2, 0.25) is 0 Å². The van der Waals surface area contributed by atoms with E-state index >= 15 is 0 Å². The molecule has 1 aliphatic rings. The fraction of sp³-hybridized carbons (Fsp3) is 0.450. The Morgan fingerprint density at radius 3 is 2.71 bits per heavy atom. The number of piperazine rings is 1. The van der Waals surface area contributed by atoms with Crippen molar-refractivity contribution in [1.82, 2.24) is 24.6 Å². The monoisotopic (exact) mass is 382 g/mol. The topological polar surface area (TPSA) is 79.3 Å². The van der Waals surface area contributed by atoms with Crippen molar-refractivity contribution in [2.45, 2.75) is 20.0 Å². The Morgan fingerprint density at radius 1 is 1.18 bits per heavy atom. The number of hydrogen-bond acceptors (Lipinski definition) is 6. The molecule has 0 amide bonds. The molecule has 28 heavy (non-hydrogen) atoms. The van der Waals surface area contributed by atoms with Crippen molar-refractivity contribution in [2.24, 2.45) is 0 Å². The maximum Gasteiger partial charge on any atom is 0.261 e. The van der Waals surface area contributed by atoms with E-state index in [1.54, 1.807) is 18.0 Å². The number of fused-ring (bicyclic) bond motifs is 1. The number of ether oxygens (including phenoxy) is 1. The number of aromatic amines is 1.